The molecule has 0 spiro atoms. The van der Waals surface area contributed by atoms with Gasteiger partial charge in [0.1, 0.15) is 10.7 Å². The molecular weight excluding hydrogens is 224 g/mol. The Morgan fingerprint density at radius 2 is 2.44 bits per heavy atom. The molecule has 0 atom stereocenters. The van der Waals surface area contributed by atoms with Gasteiger partial charge in [-0.25, -0.2) is 4.98 Å². The van der Waals surface area contributed by atoms with Gasteiger partial charge in [-0.3, -0.25) is 0 Å². The molecule has 0 aliphatic heterocycles. The molecule has 1 N–H and O–H groups in total. The van der Waals surface area contributed by atoms with E-state index >= 15 is 0 Å². The van der Waals surface area contributed by atoms with Gasteiger partial charge in [0.2, 0.25) is 5.95 Å². The molecule has 84 valence electrons. The van der Waals surface area contributed by atoms with E-state index in [9.17, 15) is 0 Å². The van der Waals surface area contributed by atoms with Crippen LogP contribution in [0.3, 0.4) is 0 Å². The van der Waals surface area contributed by atoms with Crippen LogP contribution in [0.5, 0.6) is 0 Å². The van der Waals surface area contributed by atoms with Crippen LogP contribution >= 0.6 is 11.5 Å². The third kappa shape index (κ3) is 1.90. The summed E-state index contributed by atoms with van der Waals surface area (Å²) in [5.74, 6) is 1.46. The van der Waals surface area contributed by atoms with E-state index in [1.54, 1.807) is 6.20 Å². The summed E-state index contributed by atoms with van der Waals surface area (Å²) in [4.78, 5) is 6.51. The van der Waals surface area contributed by atoms with Crippen LogP contribution < -0.4 is 4.90 Å². The highest BCUT2D eigenvalue weighted by atomic mass is 32.1. The van der Waals surface area contributed by atoms with Crippen molar-refractivity contribution < 1.29 is 0 Å². The van der Waals surface area contributed by atoms with Crippen molar-refractivity contribution >= 4 is 17.5 Å². The molecule has 3 rings (SSSR count). The zero-order chi connectivity index (χ0) is 11.0. The van der Waals surface area contributed by atoms with Crippen LogP contribution in [0.15, 0.2) is 6.20 Å². The van der Waals surface area contributed by atoms with Crippen molar-refractivity contribution in [3.05, 3.63) is 16.9 Å². The number of nitrogens with zero attached hydrogens (tertiary/aromatic N) is 5. The highest BCUT2D eigenvalue weighted by molar-refractivity contribution is 7.05. The molecule has 0 saturated heterocycles. The largest absolute Gasteiger partial charge is 0.337 e. The van der Waals surface area contributed by atoms with Crippen molar-refractivity contribution in [2.75, 3.05) is 11.9 Å². The lowest BCUT2D eigenvalue weighted by molar-refractivity contribution is 0.832. The second-order valence-electron chi connectivity index (χ2n) is 4.02. The molecule has 16 heavy (non-hydrogen) atoms. The van der Waals surface area contributed by atoms with Crippen LogP contribution in [0.4, 0.5) is 5.95 Å². The van der Waals surface area contributed by atoms with E-state index in [1.165, 1.54) is 29.4 Å². The summed E-state index contributed by atoms with van der Waals surface area (Å²) in [6.45, 7) is 0.678. The molecule has 1 aliphatic carbocycles. The predicted octanol–water partition coefficient (Wildman–Crippen LogP) is 1.17. The zero-order valence-corrected chi connectivity index (χ0v) is 9.74. The minimum atomic E-state index is 0.673. The van der Waals surface area contributed by atoms with Gasteiger partial charge < -0.3 is 4.90 Å². The van der Waals surface area contributed by atoms with Crippen LogP contribution in [-0.4, -0.2) is 31.8 Å². The maximum Gasteiger partial charge on any atom is 0.237 e. The van der Waals surface area contributed by atoms with E-state index in [4.69, 9.17) is 0 Å². The Morgan fingerprint density at radius 3 is 3.12 bits per heavy atom. The summed E-state index contributed by atoms with van der Waals surface area (Å²) in [6, 6.07) is 0. The molecule has 7 heteroatoms. The van der Waals surface area contributed by atoms with Crippen LogP contribution in [0, 0.1) is 0 Å². The number of nitrogens with one attached hydrogen (secondary N) is 1. The summed E-state index contributed by atoms with van der Waals surface area (Å²) in [7, 11) is 1.97. The highest BCUT2D eigenvalue weighted by Crippen LogP contribution is 2.41. The van der Waals surface area contributed by atoms with Gasteiger partial charge in [0.05, 0.1) is 12.7 Å². The van der Waals surface area contributed by atoms with Crippen molar-refractivity contribution in [3.63, 3.8) is 0 Å². The quantitative estimate of drug-likeness (QED) is 0.862. The van der Waals surface area contributed by atoms with Gasteiger partial charge in [-0.1, -0.05) is 0 Å². The molecule has 0 unspecified atom stereocenters. The van der Waals surface area contributed by atoms with Crippen LogP contribution in [0.1, 0.15) is 29.5 Å². The average Bonchev–Trinajstić information content (AvgIpc) is 2.82. The van der Waals surface area contributed by atoms with Gasteiger partial charge in [-0.05, 0) is 24.4 Å². The number of hydrogen-bond acceptors (Lipinski definition) is 6. The summed E-state index contributed by atoms with van der Waals surface area (Å²) in [5, 5.41) is 11.5. The molecule has 1 saturated carbocycles. The second-order valence-corrected chi connectivity index (χ2v) is 4.81. The number of H-pyrrole nitrogens is 1. The molecule has 0 amide bonds. The SMILES string of the molecule is CN(Cc1cn[nH]n1)c1nsc(C2CC2)n1. The molecule has 0 bridgehead atoms. The maximum absolute atomic E-state index is 4.53. The number of rotatable bonds is 4. The molecule has 2 heterocycles. The topological polar surface area (TPSA) is 70.6 Å². The van der Waals surface area contributed by atoms with Gasteiger partial charge in [0, 0.05) is 13.0 Å². The van der Waals surface area contributed by atoms with E-state index in [0.29, 0.717) is 12.5 Å². The van der Waals surface area contributed by atoms with Crippen LogP contribution in [0.25, 0.3) is 0 Å². The summed E-state index contributed by atoms with van der Waals surface area (Å²) in [5.41, 5.74) is 0.894. The molecule has 1 aliphatic rings. The van der Waals surface area contributed by atoms with E-state index in [1.807, 2.05) is 11.9 Å². The lowest BCUT2D eigenvalue weighted by Gasteiger charge is -2.11. The Bertz CT molecular complexity index is 460. The number of hydrogen-bond donors (Lipinski definition) is 1. The standard InChI is InChI=1S/C9H12N6S/c1-15(5-7-4-10-14-12-7)9-11-8(16-13-9)6-2-3-6/h4,6H,2-3,5H2,1H3,(H,10,12,14). The normalized spacial score (nSPS) is 15.3. The second kappa shape index (κ2) is 3.82. The van der Waals surface area contributed by atoms with Gasteiger partial charge in [-0.2, -0.15) is 19.8 Å². The van der Waals surface area contributed by atoms with Gasteiger partial charge in [0.25, 0.3) is 0 Å². The molecule has 0 radical (unpaired) electrons. The van der Waals surface area contributed by atoms with Crippen LogP contribution in [0.2, 0.25) is 0 Å². The maximum atomic E-state index is 4.53. The monoisotopic (exact) mass is 236 g/mol. The lowest BCUT2D eigenvalue weighted by Crippen LogP contribution is -2.18. The van der Waals surface area contributed by atoms with E-state index in [-0.39, 0.29) is 0 Å². The molecule has 6 nitrogen and oxygen atoms in total. The Kier molecular flexibility index (Phi) is 2.32. The van der Waals surface area contributed by atoms with Crippen molar-refractivity contribution in [2.24, 2.45) is 0 Å². The first kappa shape index (κ1) is 9.71. The minimum Gasteiger partial charge on any atom is -0.337 e. The summed E-state index contributed by atoms with van der Waals surface area (Å²) >= 11 is 1.51. The van der Waals surface area contributed by atoms with Gasteiger partial charge in [-0.15, -0.1) is 0 Å². The average molecular weight is 236 g/mol. The lowest BCUT2D eigenvalue weighted by atomic mass is 10.4. The van der Waals surface area contributed by atoms with Crippen molar-refractivity contribution in [1.29, 1.82) is 0 Å². The third-order valence-corrected chi connectivity index (χ3v) is 3.43. The number of aromatic nitrogens is 5. The highest BCUT2D eigenvalue weighted by Gasteiger charge is 2.27. The predicted molar refractivity (Wildman–Crippen MR) is 60.4 cm³/mol. The third-order valence-electron chi connectivity index (χ3n) is 2.56. The van der Waals surface area contributed by atoms with Gasteiger partial charge >= 0.3 is 0 Å². The first-order chi connectivity index (χ1) is 7.83. The minimum absolute atomic E-state index is 0.673. The molecular formula is C9H12N6S. The summed E-state index contributed by atoms with van der Waals surface area (Å²) in [6.07, 6.45) is 4.24. The Labute approximate surface area is 96.9 Å². The van der Waals surface area contributed by atoms with E-state index < -0.39 is 0 Å². The Hall–Kier alpha value is -1.50. The van der Waals surface area contributed by atoms with Gasteiger partial charge in [0.15, 0.2) is 0 Å². The summed E-state index contributed by atoms with van der Waals surface area (Å²) < 4.78 is 4.36. The fraction of sp³-hybridized carbons (Fsp3) is 0.556. The molecule has 2 aromatic rings. The first-order valence-corrected chi connectivity index (χ1v) is 5.99. The van der Waals surface area contributed by atoms with Crippen LogP contribution in [-0.2, 0) is 6.54 Å². The smallest absolute Gasteiger partial charge is 0.237 e. The molecule has 0 aromatic carbocycles. The van der Waals surface area contributed by atoms with Crippen molar-refractivity contribution in [3.8, 4) is 0 Å². The Morgan fingerprint density at radius 1 is 1.56 bits per heavy atom. The van der Waals surface area contributed by atoms with Crippen molar-refractivity contribution in [2.45, 2.75) is 25.3 Å². The zero-order valence-electron chi connectivity index (χ0n) is 8.92. The Balaban J connectivity index is 1.70. The first-order valence-electron chi connectivity index (χ1n) is 5.22. The number of aromatic amines is 1. The molecule has 1 fully saturated rings. The molecule has 2 aromatic heterocycles. The fourth-order valence-corrected chi connectivity index (χ4v) is 2.36. The number of anilines is 1. The van der Waals surface area contributed by atoms with Crippen molar-refractivity contribution in [1.82, 2.24) is 24.8 Å². The van der Waals surface area contributed by atoms with E-state index in [2.05, 4.69) is 24.8 Å². The fourth-order valence-electron chi connectivity index (χ4n) is 1.49. The van der Waals surface area contributed by atoms with E-state index in [0.717, 1.165) is 11.6 Å².